The lowest BCUT2D eigenvalue weighted by Gasteiger charge is -2.28. The molecule has 0 spiro atoms. The van der Waals surface area contributed by atoms with Crippen molar-refractivity contribution in [3.63, 3.8) is 0 Å². The number of benzene rings is 1. The summed E-state index contributed by atoms with van der Waals surface area (Å²) in [5.74, 6) is 1.40. The molecular weight excluding hydrogens is 378 g/mol. The van der Waals surface area contributed by atoms with E-state index in [9.17, 15) is 9.59 Å². The molecule has 8 heteroatoms. The molecule has 1 aliphatic heterocycles. The Labute approximate surface area is 168 Å². The third-order valence-electron chi connectivity index (χ3n) is 4.53. The van der Waals surface area contributed by atoms with E-state index in [4.69, 9.17) is 9.47 Å². The highest BCUT2D eigenvalue weighted by atomic mass is 32.2. The minimum Gasteiger partial charge on any atom is -0.493 e. The fraction of sp³-hybridized carbons (Fsp3) is 0.350. The molecule has 7 nitrogen and oxygen atoms in total. The predicted octanol–water partition coefficient (Wildman–Crippen LogP) is 2.38. The molecule has 3 rings (SSSR count). The number of pyridine rings is 1. The Morgan fingerprint density at radius 2 is 2.00 bits per heavy atom. The average molecular weight is 401 g/mol. The van der Waals surface area contributed by atoms with E-state index in [-0.39, 0.29) is 17.2 Å². The third kappa shape index (κ3) is 4.22. The van der Waals surface area contributed by atoms with Crippen LogP contribution >= 0.6 is 11.8 Å². The molecule has 28 heavy (non-hydrogen) atoms. The van der Waals surface area contributed by atoms with Crippen LogP contribution in [0, 0.1) is 0 Å². The molecule has 2 heterocycles. The van der Waals surface area contributed by atoms with Crippen molar-refractivity contribution >= 4 is 23.6 Å². The smallest absolute Gasteiger partial charge is 0.244 e. The van der Waals surface area contributed by atoms with Gasteiger partial charge in [0.1, 0.15) is 11.4 Å². The molecule has 0 bridgehead atoms. The van der Waals surface area contributed by atoms with Gasteiger partial charge in [-0.3, -0.25) is 14.6 Å². The number of aromatic nitrogens is 1. The lowest BCUT2D eigenvalue weighted by Crippen LogP contribution is -2.47. The summed E-state index contributed by atoms with van der Waals surface area (Å²) in [7, 11) is 3.14. The summed E-state index contributed by atoms with van der Waals surface area (Å²) >= 11 is 1.55. The van der Waals surface area contributed by atoms with Crippen molar-refractivity contribution in [3.8, 4) is 11.5 Å². The molecule has 2 aromatic rings. The monoisotopic (exact) mass is 401 g/mol. The molecule has 1 saturated heterocycles. The maximum atomic E-state index is 12.7. The molecule has 1 aromatic heterocycles. The van der Waals surface area contributed by atoms with E-state index >= 15 is 0 Å². The van der Waals surface area contributed by atoms with Gasteiger partial charge in [0.05, 0.1) is 26.5 Å². The third-order valence-corrected chi connectivity index (χ3v) is 5.85. The number of carbonyl (C=O) groups is 2. The number of hydrogen-bond acceptors (Lipinski definition) is 6. The number of thioether (sulfide) groups is 1. The fourth-order valence-corrected chi connectivity index (χ4v) is 4.63. The van der Waals surface area contributed by atoms with Crippen molar-refractivity contribution in [2.45, 2.75) is 24.9 Å². The molecule has 2 atom stereocenters. The first-order valence-electron chi connectivity index (χ1n) is 8.85. The van der Waals surface area contributed by atoms with Crippen LogP contribution in [0.25, 0.3) is 0 Å². The van der Waals surface area contributed by atoms with Crippen molar-refractivity contribution < 1.29 is 19.1 Å². The zero-order valence-corrected chi connectivity index (χ0v) is 16.9. The summed E-state index contributed by atoms with van der Waals surface area (Å²) in [6.07, 6.45) is 1.68. The van der Waals surface area contributed by atoms with Crippen LogP contribution in [0.1, 0.15) is 23.6 Å². The van der Waals surface area contributed by atoms with Crippen LogP contribution < -0.4 is 14.8 Å². The Morgan fingerprint density at radius 3 is 2.64 bits per heavy atom. The summed E-state index contributed by atoms with van der Waals surface area (Å²) in [4.78, 5) is 30.9. The predicted molar refractivity (Wildman–Crippen MR) is 107 cm³/mol. The van der Waals surface area contributed by atoms with Gasteiger partial charge in [-0.1, -0.05) is 12.1 Å². The zero-order valence-electron chi connectivity index (χ0n) is 16.0. The summed E-state index contributed by atoms with van der Waals surface area (Å²) in [6, 6.07) is 10.5. The zero-order chi connectivity index (χ0) is 20.1. The highest BCUT2D eigenvalue weighted by Crippen LogP contribution is 2.43. The average Bonchev–Trinajstić information content (AvgIpc) is 3.18. The Bertz CT molecular complexity index is 847. The first kappa shape index (κ1) is 20.0. The summed E-state index contributed by atoms with van der Waals surface area (Å²) in [5.41, 5.74) is 1.66. The van der Waals surface area contributed by atoms with Gasteiger partial charge in [-0.25, -0.2) is 0 Å². The van der Waals surface area contributed by atoms with Gasteiger partial charge in [-0.15, -0.1) is 11.8 Å². The maximum Gasteiger partial charge on any atom is 0.244 e. The van der Waals surface area contributed by atoms with E-state index in [0.29, 0.717) is 23.8 Å². The van der Waals surface area contributed by atoms with Crippen LogP contribution in [-0.2, 0) is 16.1 Å². The first-order valence-corrected chi connectivity index (χ1v) is 9.90. The number of nitrogens with zero attached hydrogens (tertiary/aromatic N) is 2. The number of ether oxygens (including phenoxy) is 2. The fourth-order valence-electron chi connectivity index (χ4n) is 3.15. The quantitative estimate of drug-likeness (QED) is 0.801. The van der Waals surface area contributed by atoms with E-state index < -0.39 is 6.04 Å². The molecule has 0 aliphatic carbocycles. The van der Waals surface area contributed by atoms with Crippen molar-refractivity contribution in [1.29, 1.82) is 0 Å². The summed E-state index contributed by atoms with van der Waals surface area (Å²) in [5, 5.41) is 2.62. The summed E-state index contributed by atoms with van der Waals surface area (Å²) in [6.45, 7) is 1.81. The number of rotatable bonds is 6. The van der Waals surface area contributed by atoms with Crippen molar-refractivity contribution in [3.05, 3.63) is 53.9 Å². The molecule has 2 unspecified atom stereocenters. The van der Waals surface area contributed by atoms with E-state index in [1.165, 1.54) is 6.92 Å². The van der Waals surface area contributed by atoms with Crippen LogP contribution in [-0.4, -0.2) is 47.7 Å². The van der Waals surface area contributed by atoms with E-state index in [1.54, 1.807) is 37.1 Å². The highest BCUT2D eigenvalue weighted by Gasteiger charge is 2.41. The lowest BCUT2D eigenvalue weighted by molar-refractivity contribution is -0.138. The van der Waals surface area contributed by atoms with E-state index in [1.807, 2.05) is 36.4 Å². The maximum absolute atomic E-state index is 12.7. The number of amides is 2. The van der Waals surface area contributed by atoms with Gasteiger partial charge < -0.3 is 19.7 Å². The van der Waals surface area contributed by atoms with Crippen molar-refractivity contribution in [2.75, 3.05) is 20.0 Å². The van der Waals surface area contributed by atoms with Crippen LogP contribution in [0.3, 0.4) is 0 Å². The van der Waals surface area contributed by atoms with Crippen molar-refractivity contribution in [1.82, 2.24) is 15.2 Å². The molecule has 148 valence electrons. The SMILES string of the molecule is COc1ccc(C2SCC(C(=O)NCc3ccccn3)N2C(C)=O)cc1OC. The van der Waals surface area contributed by atoms with Gasteiger partial charge >= 0.3 is 0 Å². The largest absolute Gasteiger partial charge is 0.493 e. The highest BCUT2D eigenvalue weighted by molar-refractivity contribution is 7.99. The van der Waals surface area contributed by atoms with Crippen LogP contribution in [0.4, 0.5) is 0 Å². The molecule has 2 amide bonds. The van der Waals surface area contributed by atoms with Crippen LogP contribution in [0.2, 0.25) is 0 Å². The molecule has 1 aromatic carbocycles. The Kier molecular flexibility index (Phi) is 6.41. The molecule has 1 N–H and O–H groups in total. The van der Waals surface area contributed by atoms with Gasteiger partial charge in [0, 0.05) is 18.9 Å². The van der Waals surface area contributed by atoms with E-state index in [2.05, 4.69) is 10.3 Å². The molecule has 1 aliphatic rings. The normalized spacial score (nSPS) is 18.6. The second kappa shape index (κ2) is 8.97. The number of nitrogens with one attached hydrogen (secondary N) is 1. The molecule has 0 saturated carbocycles. The Morgan fingerprint density at radius 1 is 1.21 bits per heavy atom. The lowest BCUT2D eigenvalue weighted by atomic mass is 10.1. The van der Waals surface area contributed by atoms with Crippen molar-refractivity contribution in [2.24, 2.45) is 0 Å². The number of hydrogen-bond donors (Lipinski definition) is 1. The second-order valence-electron chi connectivity index (χ2n) is 6.28. The van der Waals surface area contributed by atoms with Gasteiger partial charge in [0.25, 0.3) is 0 Å². The Balaban J connectivity index is 1.76. The number of methoxy groups -OCH3 is 2. The Hall–Kier alpha value is -2.74. The standard InChI is InChI=1S/C20H23N3O4S/c1-13(24)23-16(19(25)22-11-15-6-4-5-9-21-15)12-28-20(23)14-7-8-17(26-2)18(10-14)27-3/h4-10,16,20H,11-12H2,1-3H3,(H,22,25). The van der Waals surface area contributed by atoms with Gasteiger partial charge in [0.15, 0.2) is 11.5 Å². The first-order chi connectivity index (χ1) is 13.5. The topological polar surface area (TPSA) is 80.8 Å². The summed E-state index contributed by atoms with van der Waals surface area (Å²) < 4.78 is 10.6. The van der Waals surface area contributed by atoms with Gasteiger partial charge in [-0.2, -0.15) is 0 Å². The number of carbonyl (C=O) groups excluding carboxylic acids is 2. The molecular formula is C20H23N3O4S. The molecule has 1 fully saturated rings. The van der Waals surface area contributed by atoms with Crippen LogP contribution in [0.15, 0.2) is 42.6 Å². The minimum absolute atomic E-state index is 0.150. The minimum atomic E-state index is -0.538. The van der Waals surface area contributed by atoms with E-state index in [0.717, 1.165) is 11.3 Å². The van der Waals surface area contributed by atoms with Crippen LogP contribution in [0.5, 0.6) is 11.5 Å². The van der Waals surface area contributed by atoms with Gasteiger partial charge in [0.2, 0.25) is 11.8 Å². The molecule has 0 radical (unpaired) electrons. The van der Waals surface area contributed by atoms with Gasteiger partial charge in [-0.05, 0) is 29.8 Å². The second-order valence-corrected chi connectivity index (χ2v) is 7.39.